The lowest BCUT2D eigenvalue weighted by atomic mass is 10.3. The molecule has 0 aromatic heterocycles. The number of hydrogen-bond donors (Lipinski definition) is 3. The minimum Gasteiger partial charge on any atom is -0.330 e. The lowest BCUT2D eigenvalue weighted by molar-refractivity contribution is -0.0979. The molecule has 0 radical (unpaired) electrons. The fourth-order valence-corrected chi connectivity index (χ4v) is 1.12. The van der Waals surface area contributed by atoms with E-state index >= 15 is 0 Å². The summed E-state index contributed by atoms with van der Waals surface area (Å²) in [6, 6.07) is 0. The standard InChI is InChI=1S/C6H11N3.C5H13N.CH2O/c1-7-9-6-4-2-3-5-8-6;1-2-3-4-5-6;1-2/h4-5,7,9H,2-3H2,1H3;2-6H2,1H3;1H2. The summed E-state index contributed by atoms with van der Waals surface area (Å²) in [6.45, 7) is 5.03. The summed E-state index contributed by atoms with van der Waals surface area (Å²) in [5.74, 6) is 0.920. The fraction of sp³-hybridized carbons (Fsp3) is 0.667. The number of allylic oxidation sites excluding steroid dienone is 1. The number of rotatable bonds is 5. The molecule has 100 valence electrons. The quantitative estimate of drug-likeness (QED) is 0.502. The van der Waals surface area contributed by atoms with E-state index in [9.17, 15) is 0 Å². The number of nitrogens with two attached hydrogens (primary N) is 1. The zero-order valence-corrected chi connectivity index (χ0v) is 11.0. The van der Waals surface area contributed by atoms with E-state index in [-0.39, 0.29) is 0 Å². The van der Waals surface area contributed by atoms with Crippen LogP contribution in [0.15, 0.2) is 16.9 Å². The van der Waals surface area contributed by atoms with E-state index in [1.54, 1.807) is 0 Å². The van der Waals surface area contributed by atoms with Crippen LogP contribution in [0.4, 0.5) is 0 Å². The number of nitrogens with one attached hydrogen (secondary N) is 2. The van der Waals surface area contributed by atoms with Gasteiger partial charge in [0.2, 0.25) is 0 Å². The third kappa shape index (κ3) is 14.8. The number of hydrogen-bond acceptors (Lipinski definition) is 5. The Balaban J connectivity index is 0. The molecule has 5 heteroatoms. The molecule has 0 unspecified atom stereocenters. The first-order chi connectivity index (χ1) is 8.35. The molecule has 0 aromatic rings. The molecule has 1 aliphatic rings. The van der Waals surface area contributed by atoms with Gasteiger partial charge in [0.25, 0.3) is 0 Å². The topological polar surface area (TPSA) is 79.5 Å². The summed E-state index contributed by atoms with van der Waals surface area (Å²) in [4.78, 5) is 12.1. The Morgan fingerprint density at radius 1 is 1.41 bits per heavy atom. The highest BCUT2D eigenvalue weighted by atomic mass is 16.1. The molecule has 0 bridgehead atoms. The number of carbonyl (C=O) groups is 1. The average molecular weight is 242 g/mol. The number of carbonyl (C=O) groups excluding carboxylic acids is 1. The number of aliphatic imine (C=N–C) groups is 1. The molecule has 0 aromatic carbocycles. The van der Waals surface area contributed by atoms with Crippen molar-refractivity contribution in [3.05, 3.63) is 11.9 Å². The van der Waals surface area contributed by atoms with Gasteiger partial charge in [-0.3, -0.25) is 0 Å². The van der Waals surface area contributed by atoms with Crippen LogP contribution in [-0.2, 0) is 4.79 Å². The van der Waals surface area contributed by atoms with Crippen molar-refractivity contribution in [2.24, 2.45) is 10.7 Å². The summed E-state index contributed by atoms with van der Waals surface area (Å²) >= 11 is 0. The Labute approximate surface area is 105 Å². The molecule has 0 saturated carbocycles. The Hall–Kier alpha value is -1.20. The van der Waals surface area contributed by atoms with Gasteiger partial charge in [-0.15, -0.1) is 0 Å². The van der Waals surface area contributed by atoms with E-state index in [2.05, 4.69) is 28.8 Å². The highest BCUT2D eigenvalue weighted by Crippen LogP contribution is 2.00. The predicted octanol–water partition coefficient (Wildman–Crippen LogP) is 1.37. The van der Waals surface area contributed by atoms with Crippen molar-refractivity contribution in [3.8, 4) is 0 Å². The van der Waals surface area contributed by atoms with E-state index in [0.29, 0.717) is 0 Å². The van der Waals surface area contributed by atoms with Crippen LogP contribution >= 0.6 is 0 Å². The smallest absolute Gasteiger partial charge is 0.135 e. The molecule has 1 aliphatic heterocycles. The minimum absolute atomic E-state index is 0.855. The van der Waals surface area contributed by atoms with Gasteiger partial charge in [-0.05, 0) is 31.9 Å². The van der Waals surface area contributed by atoms with Crippen LogP contribution in [0.5, 0.6) is 0 Å². The maximum atomic E-state index is 8.00. The second-order valence-corrected chi connectivity index (χ2v) is 3.35. The van der Waals surface area contributed by atoms with Crippen molar-refractivity contribution < 1.29 is 4.79 Å². The van der Waals surface area contributed by atoms with Crippen molar-refractivity contribution >= 4 is 13.0 Å². The molecule has 0 aliphatic carbocycles. The van der Waals surface area contributed by atoms with E-state index in [1.807, 2.05) is 20.1 Å². The summed E-state index contributed by atoms with van der Waals surface area (Å²) in [5, 5.41) is 0. The summed E-state index contributed by atoms with van der Waals surface area (Å²) in [6.07, 6.45) is 9.89. The van der Waals surface area contributed by atoms with Crippen LogP contribution < -0.4 is 16.6 Å². The lowest BCUT2D eigenvalue weighted by Gasteiger charge is -2.06. The second kappa shape index (κ2) is 17.2. The first-order valence-electron chi connectivity index (χ1n) is 5.99. The summed E-state index contributed by atoms with van der Waals surface area (Å²) < 4.78 is 0. The van der Waals surface area contributed by atoms with E-state index in [0.717, 1.165) is 25.2 Å². The van der Waals surface area contributed by atoms with Crippen molar-refractivity contribution in [3.63, 3.8) is 0 Å². The van der Waals surface area contributed by atoms with Gasteiger partial charge in [-0.1, -0.05) is 19.8 Å². The van der Waals surface area contributed by atoms with Gasteiger partial charge < -0.3 is 16.0 Å². The van der Waals surface area contributed by atoms with Gasteiger partial charge in [0.05, 0.1) is 0 Å². The van der Waals surface area contributed by atoms with E-state index < -0.39 is 0 Å². The molecule has 4 N–H and O–H groups in total. The highest BCUT2D eigenvalue weighted by Gasteiger charge is 1.93. The first kappa shape index (κ1) is 18.2. The molecular formula is C12H26N4O. The van der Waals surface area contributed by atoms with Crippen molar-refractivity contribution in [1.82, 2.24) is 10.9 Å². The largest absolute Gasteiger partial charge is 0.330 e. The monoisotopic (exact) mass is 242 g/mol. The molecule has 1 heterocycles. The van der Waals surface area contributed by atoms with E-state index in [1.165, 1.54) is 19.3 Å². The van der Waals surface area contributed by atoms with Crippen LogP contribution in [0.1, 0.15) is 39.0 Å². The third-order valence-electron chi connectivity index (χ3n) is 1.92. The molecule has 0 atom stereocenters. The molecule has 1 rings (SSSR count). The van der Waals surface area contributed by atoms with Crippen LogP contribution in [0.3, 0.4) is 0 Å². The Kier molecular flexibility index (Phi) is 18.4. The first-order valence-corrected chi connectivity index (χ1v) is 5.99. The maximum absolute atomic E-state index is 8.00. The number of nitrogens with zero attached hydrogens (tertiary/aromatic N) is 1. The number of unbranched alkanes of at least 4 members (excludes halogenated alkanes) is 2. The van der Waals surface area contributed by atoms with Gasteiger partial charge in [-0.2, -0.15) is 0 Å². The Morgan fingerprint density at radius 3 is 2.47 bits per heavy atom. The van der Waals surface area contributed by atoms with E-state index in [4.69, 9.17) is 10.5 Å². The van der Waals surface area contributed by atoms with Crippen LogP contribution in [0.25, 0.3) is 0 Å². The molecule has 0 fully saturated rings. The van der Waals surface area contributed by atoms with Crippen LogP contribution in [-0.4, -0.2) is 26.6 Å². The molecule has 17 heavy (non-hydrogen) atoms. The number of hydrazine groups is 1. The zero-order valence-electron chi connectivity index (χ0n) is 11.0. The summed E-state index contributed by atoms with van der Waals surface area (Å²) in [7, 11) is 1.82. The highest BCUT2D eigenvalue weighted by molar-refractivity contribution is 5.60. The van der Waals surface area contributed by atoms with Crippen LogP contribution in [0, 0.1) is 0 Å². The zero-order chi connectivity index (χ0) is 13.4. The normalized spacial score (nSPS) is 12.5. The molecule has 0 saturated heterocycles. The fourth-order valence-electron chi connectivity index (χ4n) is 1.12. The van der Waals surface area contributed by atoms with Crippen LogP contribution in [0.2, 0.25) is 0 Å². The van der Waals surface area contributed by atoms with Gasteiger partial charge in [0, 0.05) is 13.3 Å². The Morgan fingerprint density at radius 2 is 2.12 bits per heavy atom. The maximum Gasteiger partial charge on any atom is 0.135 e. The minimum atomic E-state index is 0.855. The predicted molar refractivity (Wildman–Crippen MR) is 73.7 cm³/mol. The van der Waals surface area contributed by atoms with Crippen molar-refractivity contribution in [2.75, 3.05) is 13.6 Å². The van der Waals surface area contributed by atoms with Gasteiger partial charge >= 0.3 is 0 Å². The summed E-state index contributed by atoms with van der Waals surface area (Å²) in [5.41, 5.74) is 10.9. The van der Waals surface area contributed by atoms with Crippen molar-refractivity contribution in [1.29, 1.82) is 0 Å². The average Bonchev–Trinajstić information content (AvgIpc) is 2.41. The lowest BCUT2D eigenvalue weighted by Crippen LogP contribution is -2.26. The molecular weight excluding hydrogens is 216 g/mol. The van der Waals surface area contributed by atoms with Gasteiger partial charge in [0.1, 0.15) is 12.6 Å². The Bertz CT molecular complexity index is 201. The molecule has 5 nitrogen and oxygen atoms in total. The SMILES string of the molecule is C=O.CCCCCN.CNNC1=CCCC=N1. The third-order valence-corrected chi connectivity index (χ3v) is 1.92. The molecule has 0 spiro atoms. The van der Waals surface area contributed by atoms with Gasteiger partial charge in [-0.25, -0.2) is 10.4 Å². The van der Waals surface area contributed by atoms with Crippen molar-refractivity contribution in [2.45, 2.75) is 39.0 Å². The molecule has 0 amide bonds. The van der Waals surface area contributed by atoms with Gasteiger partial charge in [0.15, 0.2) is 0 Å². The second-order valence-electron chi connectivity index (χ2n) is 3.35.